The molecule has 0 unspecified atom stereocenters. The summed E-state index contributed by atoms with van der Waals surface area (Å²) in [6.45, 7) is 6.65. The van der Waals surface area contributed by atoms with E-state index in [4.69, 9.17) is 0 Å². The molecule has 1 aromatic heterocycles. The first-order chi connectivity index (χ1) is 8.65. The zero-order valence-electron chi connectivity index (χ0n) is 11.8. The first kappa shape index (κ1) is 14.4. The maximum absolute atomic E-state index is 3.70. The summed E-state index contributed by atoms with van der Waals surface area (Å²) < 4.78 is 0.511. The molecule has 102 valence electrons. The van der Waals surface area contributed by atoms with Crippen LogP contribution in [-0.4, -0.2) is 17.5 Å². The van der Waals surface area contributed by atoms with Gasteiger partial charge in [0.2, 0.25) is 0 Å². The molecular weight excluding hydrogens is 258 g/mol. The number of aryl methyl sites for hydroxylation is 2. The normalized spacial score (nSPS) is 19.1. The quantitative estimate of drug-likeness (QED) is 0.852. The molecule has 0 amide bonds. The summed E-state index contributed by atoms with van der Waals surface area (Å²) in [5, 5.41) is 3.70. The molecule has 2 rings (SSSR count). The van der Waals surface area contributed by atoms with E-state index in [1.165, 1.54) is 54.0 Å². The third-order valence-corrected chi connectivity index (χ3v) is 6.53. The molecule has 0 saturated heterocycles. The molecule has 1 aliphatic rings. The van der Waals surface area contributed by atoms with Crippen molar-refractivity contribution in [3.8, 4) is 0 Å². The number of hydrogen-bond acceptors (Lipinski definition) is 3. The lowest BCUT2D eigenvalue weighted by molar-refractivity contribution is 0.379. The van der Waals surface area contributed by atoms with Gasteiger partial charge in [-0.2, -0.15) is 11.8 Å². The fourth-order valence-corrected chi connectivity index (χ4v) is 4.82. The third-order valence-electron chi connectivity index (χ3n) is 4.10. The summed E-state index contributed by atoms with van der Waals surface area (Å²) in [6, 6.07) is 2.33. The van der Waals surface area contributed by atoms with Crippen LogP contribution in [0.2, 0.25) is 0 Å². The van der Waals surface area contributed by atoms with Gasteiger partial charge in [0.25, 0.3) is 0 Å². The van der Waals surface area contributed by atoms with Gasteiger partial charge in [-0.05, 0) is 44.6 Å². The average molecular weight is 284 g/mol. The van der Waals surface area contributed by atoms with Gasteiger partial charge >= 0.3 is 0 Å². The van der Waals surface area contributed by atoms with Crippen LogP contribution >= 0.6 is 23.1 Å². The van der Waals surface area contributed by atoms with Crippen LogP contribution in [0.15, 0.2) is 6.07 Å². The fraction of sp³-hybridized carbons (Fsp3) is 0.733. The molecule has 0 aliphatic heterocycles. The third kappa shape index (κ3) is 3.52. The number of thiophene rings is 1. The van der Waals surface area contributed by atoms with E-state index in [1.54, 1.807) is 0 Å². The zero-order valence-corrected chi connectivity index (χ0v) is 13.5. The largest absolute Gasteiger partial charge is 0.311 e. The van der Waals surface area contributed by atoms with Gasteiger partial charge in [-0.1, -0.05) is 19.3 Å². The van der Waals surface area contributed by atoms with Crippen LogP contribution in [0.3, 0.4) is 0 Å². The molecule has 1 nitrogen and oxygen atoms in total. The van der Waals surface area contributed by atoms with Gasteiger partial charge in [-0.3, -0.25) is 0 Å². The molecule has 1 heterocycles. The maximum atomic E-state index is 3.70. The van der Waals surface area contributed by atoms with Gasteiger partial charge in [0.05, 0.1) is 0 Å². The minimum Gasteiger partial charge on any atom is -0.311 e. The highest BCUT2D eigenvalue weighted by Gasteiger charge is 2.30. The first-order valence-corrected chi connectivity index (χ1v) is 9.01. The molecule has 1 aromatic rings. The Bertz CT molecular complexity index is 378. The Kier molecular flexibility index (Phi) is 5.16. The van der Waals surface area contributed by atoms with Crippen molar-refractivity contribution in [2.45, 2.75) is 57.2 Å². The molecule has 0 atom stereocenters. The van der Waals surface area contributed by atoms with Crippen molar-refractivity contribution < 1.29 is 0 Å². The number of nitrogens with one attached hydrogen (secondary N) is 1. The van der Waals surface area contributed by atoms with Gasteiger partial charge in [0.1, 0.15) is 0 Å². The second-order valence-electron chi connectivity index (χ2n) is 5.49. The molecule has 0 spiro atoms. The highest BCUT2D eigenvalue weighted by molar-refractivity contribution is 8.00. The fourth-order valence-electron chi connectivity index (χ4n) is 2.93. The highest BCUT2D eigenvalue weighted by Crippen LogP contribution is 2.38. The second-order valence-corrected chi connectivity index (χ2v) is 8.22. The Morgan fingerprint density at radius 3 is 2.56 bits per heavy atom. The first-order valence-electron chi connectivity index (χ1n) is 6.97. The second kappa shape index (κ2) is 6.44. The van der Waals surface area contributed by atoms with Gasteiger partial charge < -0.3 is 5.32 Å². The predicted molar refractivity (Wildman–Crippen MR) is 84.8 cm³/mol. The minimum atomic E-state index is 0.511. The van der Waals surface area contributed by atoms with Crippen molar-refractivity contribution in [1.82, 2.24) is 5.32 Å². The minimum absolute atomic E-state index is 0.511. The molecule has 0 bridgehead atoms. The summed E-state index contributed by atoms with van der Waals surface area (Å²) >= 11 is 3.99. The average Bonchev–Trinajstić information content (AvgIpc) is 2.69. The monoisotopic (exact) mass is 283 g/mol. The van der Waals surface area contributed by atoms with E-state index >= 15 is 0 Å². The standard InChI is InChI=1S/C15H25NS2/c1-12-9-14(13(2)18-12)10-16-11-15(17-3)7-5-4-6-8-15/h9,16H,4-8,10-11H2,1-3H3. The van der Waals surface area contributed by atoms with Crippen LogP contribution < -0.4 is 5.32 Å². The Morgan fingerprint density at radius 1 is 1.28 bits per heavy atom. The Labute approximate surface area is 120 Å². The van der Waals surface area contributed by atoms with Crippen LogP contribution in [0, 0.1) is 13.8 Å². The lowest BCUT2D eigenvalue weighted by Crippen LogP contribution is -2.39. The Balaban J connectivity index is 1.85. The van der Waals surface area contributed by atoms with Crippen molar-refractivity contribution >= 4 is 23.1 Å². The molecule has 1 aliphatic carbocycles. The van der Waals surface area contributed by atoms with E-state index in [1.807, 2.05) is 11.3 Å². The molecule has 0 aromatic carbocycles. The van der Waals surface area contributed by atoms with Crippen LogP contribution in [0.1, 0.15) is 47.4 Å². The van der Waals surface area contributed by atoms with Crippen LogP contribution in [0.25, 0.3) is 0 Å². The van der Waals surface area contributed by atoms with E-state index in [0.717, 1.165) is 6.54 Å². The predicted octanol–water partition coefficient (Wildman–Crippen LogP) is 4.52. The van der Waals surface area contributed by atoms with E-state index in [-0.39, 0.29) is 0 Å². The van der Waals surface area contributed by atoms with Crippen molar-refractivity contribution in [3.05, 3.63) is 21.4 Å². The van der Waals surface area contributed by atoms with Crippen molar-refractivity contribution in [2.75, 3.05) is 12.8 Å². The van der Waals surface area contributed by atoms with E-state index in [0.29, 0.717) is 4.75 Å². The van der Waals surface area contributed by atoms with Gasteiger partial charge in [0, 0.05) is 27.6 Å². The van der Waals surface area contributed by atoms with Crippen molar-refractivity contribution in [1.29, 1.82) is 0 Å². The highest BCUT2D eigenvalue weighted by atomic mass is 32.2. The number of hydrogen-bond donors (Lipinski definition) is 1. The van der Waals surface area contributed by atoms with Gasteiger partial charge in [-0.25, -0.2) is 0 Å². The summed E-state index contributed by atoms with van der Waals surface area (Å²) in [6.07, 6.45) is 9.34. The van der Waals surface area contributed by atoms with Crippen LogP contribution in [-0.2, 0) is 6.54 Å². The van der Waals surface area contributed by atoms with Gasteiger partial charge in [-0.15, -0.1) is 11.3 Å². The molecule has 1 N–H and O–H groups in total. The topological polar surface area (TPSA) is 12.0 Å². The van der Waals surface area contributed by atoms with Crippen LogP contribution in [0.5, 0.6) is 0 Å². The van der Waals surface area contributed by atoms with E-state index < -0.39 is 0 Å². The van der Waals surface area contributed by atoms with E-state index in [2.05, 4.69) is 43.2 Å². The van der Waals surface area contributed by atoms with Crippen molar-refractivity contribution in [2.24, 2.45) is 0 Å². The molecule has 18 heavy (non-hydrogen) atoms. The molecule has 3 heteroatoms. The summed E-state index contributed by atoms with van der Waals surface area (Å²) in [5.74, 6) is 0. The van der Waals surface area contributed by atoms with E-state index in [9.17, 15) is 0 Å². The molecule has 0 radical (unpaired) electrons. The molecule has 1 fully saturated rings. The lowest BCUT2D eigenvalue weighted by atomic mass is 9.88. The number of thioether (sulfide) groups is 1. The van der Waals surface area contributed by atoms with Crippen molar-refractivity contribution in [3.63, 3.8) is 0 Å². The summed E-state index contributed by atoms with van der Waals surface area (Å²) in [5.41, 5.74) is 1.49. The van der Waals surface area contributed by atoms with Crippen LogP contribution in [0.4, 0.5) is 0 Å². The van der Waals surface area contributed by atoms with Gasteiger partial charge in [0.15, 0.2) is 0 Å². The molecular formula is C15H25NS2. The Morgan fingerprint density at radius 2 is 2.00 bits per heavy atom. The summed E-state index contributed by atoms with van der Waals surface area (Å²) in [7, 11) is 0. The molecule has 1 saturated carbocycles. The number of rotatable bonds is 5. The Hall–Kier alpha value is 0.01000. The zero-order chi connectivity index (χ0) is 13.0. The maximum Gasteiger partial charge on any atom is 0.0281 e. The smallest absolute Gasteiger partial charge is 0.0281 e. The SMILES string of the molecule is CSC1(CNCc2cc(C)sc2C)CCCCC1. The summed E-state index contributed by atoms with van der Waals surface area (Å²) in [4.78, 5) is 2.91. The lowest BCUT2D eigenvalue weighted by Gasteiger charge is -2.36.